The van der Waals surface area contributed by atoms with Crippen molar-refractivity contribution in [3.05, 3.63) is 59.3 Å². The van der Waals surface area contributed by atoms with Crippen molar-refractivity contribution in [3.8, 4) is 11.5 Å². The first-order valence-electron chi connectivity index (χ1n) is 7.36. The second-order valence-corrected chi connectivity index (χ2v) is 5.43. The van der Waals surface area contributed by atoms with Crippen LogP contribution in [0.1, 0.15) is 28.5 Å². The SMILES string of the molecule is CCc1c(C(=O)O)c2cc(O)ccc2n1Cc1ccc(O)cc1. The summed E-state index contributed by atoms with van der Waals surface area (Å²) in [6.45, 7) is 2.41. The largest absolute Gasteiger partial charge is 0.508 e. The third kappa shape index (κ3) is 2.61. The highest BCUT2D eigenvalue weighted by atomic mass is 16.4. The number of hydrogen-bond acceptors (Lipinski definition) is 3. The van der Waals surface area contributed by atoms with E-state index < -0.39 is 5.97 Å². The van der Waals surface area contributed by atoms with Crippen LogP contribution in [-0.2, 0) is 13.0 Å². The highest BCUT2D eigenvalue weighted by Gasteiger charge is 2.21. The number of phenolic OH excluding ortho intramolecular Hbond substituents is 2. The second-order valence-electron chi connectivity index (χ2n) is 5.43. The molecular formula is C18H17NO4. The van der Waals surface area contributed by atoms with Crippen molar-refractivity contribution in [3.63, 3.8) is 0 Å². The topological polar surface area (TPSA) is 82.7 Å². The summed E-state index contributed by atoms with van der Waals surface area (Å²) in [5, 5.41) is 29.2. The molecule has 23 heavy (non-hydrogen) atoms. The molecule has 0 saturated carbocycles. The van der Waals surface area contributed by atoms with E-state index in [1.54, 1.807) is 24.3 Å². The Morgan fingerprint density at radius 1 is 1.04 bits per heavy atom. The quantitative estimate of drug-likeness (QED) is 0.690. The van der Waals surface area contributed by atoms with Crippen LogP contribution in [0, 0.1) is 0 Å². The van der Waals surface area contributed by atoms with Crippen molar-refractivity contribution >= 4 is 16.9 Å². The van der Waals surface area contributed by atoms with Crippen LogP contribution in [0.4, 0.5) is 0 Å². The Labute approximate surface area is 133 Å². The Kier molecular flexibility index (Phi) is 3.70. The minimum atomic E-state index is -0.998. The molecule has 3 N–H and O–H groups in total. The normalized spacial score (nSPS) is 11.0. The van der Waals surface area contributed by atoms with E-state index in [2.05, 4.69) is 0 Å². The number of rotatable bonds is 4. The zero-order chi connectivity index (χ0) is 16.6. The van der Waals surface area contributed by atoms with Crippen LogP contribution in [0.5, 0.6) is 11.5 Å². The van der Waals surface area contributed by atoms with Crippen LogP contribution in [0.3, 0.4) is 0 Å². The summed E-state index contributed by atoms with van der Waals surface area (Å²) in [4.78, 5) is 11.7. The fraction of sp³-hybridized carbons (Fsp3) is 0.167. The lowest BCUT2D eigenvalue weighted by atomic mass is 10.1. The van der Waals surface area contributed by atoms with Crippen LogP contribution in [0.2, 0.25) is 0 Å². The number of phenols is 2. The van der Waals surface area contributed by atoms with Crippen LogP contribution in [0.25, 0.3) is 10.9 Å². The number of nitrogens with zero attached hydrogens (tertiary/aromatic N) is 1. The predicted molar refractivity (Wildman–Crippen MR) is 87.1 cm³/mol. The highest BCUT2D eigenvalue weighted by molar-refractivity contribution is 6.05. The van der Waals surface area contributed by atoms with Crippen molar-refractivity contribution in [2.24, 2.45) is 0 Å². The minimum absolute atomic E-state index is 0.0458. The number of aromatic nitrogens is 1. The number of carbonyl (C=O) groups is 1. The molecule has 5 nitrogen and oxygen atoms in total. The van der Waals surface area contributed by atoms with Crippen LogP contribution < -0.4 is 0 Å². The molecule has 0 fully saturated rings. The van der Waals surface area contributed by atoms with Crippen molar-refractivity contribution in [1.82, 2.24) is 4.57 Å². The molecule has 0 aliphatic heterocycles. The van der Waals surface area contributed by atoms with Gasteiger partial charge in [0, 0.05) is 23.1 Å². The van der Waals surface area contributed by atoms with Crippen molar-refractivity contribution in [1.29, 1.82) is 0 Å². The maximum absolute atomic E-state index is 11.7. The summed E-state index contributed by atoms with van der Waals surface area (Å²) in [5.74, 6) is -0.760. The predicted octanol–water partition coefficient (Wildman–Crippen LogP) is 3.36. The highest BCUT2D eigenvalue weighted by Crippen LogP contribution is 2.30. The Bertz CT molecular complexity index is 878. The Morgan fingerprint density at radius 2 is 1.70 bits per heavy atom. The molecule has 0 amide bonds. The fourth-order valence-electron chi connectivity index (χ4n) is 2.97. The van der Waals surface area contributed by atoms with Gasteiger partial charge in [0.25, 0.3) is 0 Å². The molecule has 0 spiro atoms. The zero-order valence-electron chi connectivity index (χ0n) is 12.7. The zero-order valence-corrected chi connectivity index (χ0v) is 12.7. The van der Waals surface area contributed by atoms with E-state index in [-0.39, 0.29) is 17.1 Å². The maximum atomic E-state index is 11.7. The van der Waals surface area contributed by atoms with Gasteiger partial charge in [-0.2, -0.15) is 0 Å². The molecule has 0 saturated heterocycles. The Balaban J connectivity index is 2.22. The van der Waals surface area contributed by atoms with Gasteiger partial charge in [-0.3, -0.25) is 0 Å². The molecule has 0 aliphatic rings. The summed E-state index contributed by atoms with van der Waals surface area (Å²) in [6.07, 6.45) is 0.565. The average Bonchev–Trinajstić information content (AvgIpc) is 2.82. The van der Waals surface area contributed by atoms with Gasteiger partial charge in [-0.1, -0.05) is 19.1 Å². The maximum Gasteiger partial charge on any atom is 0.338 e. The molecule has 3 rings (SSSR count). The van der Waals surface area contributed by atoms with Gasteiger partial charge < -0.3 is 19.9 Å². The third-order valence-corrected chi connectivity index (χ3v) is 3.98. The monoisotopic (exact) mass is 311 g/mol. The Morgan fingerprint density at radius 3 is 2.30 bits per heavy atom. The molecule has 3 aromatic rings. The van der Waals surface area contributed by atoms with E-state index >= 15 is 0 Å². The van der Waals surface area contributed by atoms with E-state index in [0.29, 0.717) is 24.0 Å². The summed E-state index contributed by atoms with van der Waals surface area (Å²) >= 11 is 0. The summed E-state index contributed by atoms with van der Waals surface area (Å²) in [6, 6.07) is 11.6. The first kappa shape index (κ1) is 15.0. The fourth-order valence-corrected chi connectivity index (χ4v) is 2.97. The number of aromatic hydroxyl groups is 2. The molecule has 118 valence electrons. The molecule has 0 bridgehead atoms. The summed E-state index contributed by atoms with van der Waals surface area (Å²) in [5.41, 5.74) is 2.67. The number of carboxylic acid groups (broad SMARTS) is 1. The van der Waals surface area contributed by atoms with E-state index in [1.165, 1.54) is 6.07 Å². The standard InChI is InChI=1S/C18H17NO4/c1-2-15-17(18(22)23)14-9-13(21)7-8-16(14)19(15)10-11-3-5-12(20)6-4-11/h3-9,20-21H,2,10H2,1H3,(H,22,23). The van der Waals surface area contributed by atoms with Crippen molar-refractivity contribution in [2.75, 3.05) is 0 Å². The Hall–Kier alpha value is -2.95. The number of fused-ring (bicyclic) bond motifs is 1. The van der Waals surface area contributed by atoms with Gasteiger partial charge in [0.1, 0.15) is 11.5 Å². The second kappa shape index (κ2) is 5.68. The van der Waals surface area contributed by atoms with Gasteiger partial charge in [-0.15, -0.1) is 0 Å². The lowest BCUT2D eigenvalue weighted by molar-refractivity contribution is 0.0697. The molecule has 1 aromatic heterocycles. The van der Waals surface area contributed by atoms with Gasteiger partial charge in [0.2, 0.25) is 0 Å². The van der Waals surface area contributed by atoms with Crippen molar-refractivity contribution in [2.45, 2.75) is 19.9 Å². The van der Waals surface area contributed by atoms with E-state index in [4.69, 9.17) is 0 Å². The summed E-state index contributed by atoms with van der Waals surface area (Å²) in [7, 11) is 0. The molecule has 2 aromatic carbocycles. The molecule has 5 heteroatoms. The van der Waals surface area contributed by atoms with E-state index in [9.17, 15) is 20.1 Å². The van der Waals surface area contributed by atoms with Crippen molar-refractivity contribution < 1.29 is 20.1 Å². The van der Waals surface area contributed by atoms with Gasteiger partial charge >= 0.3 is 5.97 Å². The van der Waals surface area contributed by atoms with Crippen LogP contribution >= 0.6 is 0 Å². The molecule has 1 heterocycles. The first-order valence-corrected chi connectivity index (χ1v) is 7.36. The summed E-state index contributed by atoms with van der Waals surface area (Å²) < 4.78 is 1.95. The smallest absolute Gasteiger partial charge is 0.338 e. The molecule has 0 aliphatic carbocycles. The van der Waals surface area contributed by atoms with Crippen LogP contribution in [0.15, 0.2) is 42.5 Å². The average molecular weight is 311 g/mol. The molecule has 0 atom stereocenters. The lowest BCUT2D eigenvalue weighted by Gasteiger charge is -2.10. The van der Waals surface area contributed by atoms with Gasteiger partial charge in [-0.05, 0) is 42.3 Å². The van der Waals surface area contributed by atoms with Crippen LogP contribution in [-0.4, -0.2) is 25.9 Å². The number of carboxylic acids is 1. The first-order chi connectivity index (χ1) is 11.0. The lowest BCUT2D eigenvalue weighted by Crippen LogP contribution is -2.07. The minimum Gasteiger partial charge on any atom is -0.508 e. The molecule has 0 radical (unpaired) electrons. The number of aromatic carboxylic acids is 1. The van der Waals surface area contributed by atoms with Gasteiger partial charge in [0.15, 0.2) is 0 Å². The van der Waals surface area contributed by atoms with Gasteiger partial charge in [0.05, 0.1) is 5.56 Å². The molecule has 0 unspecified atom stereocenters. The number of hydrogen-bond donors (Lipinski definition) is 3. The van der Waals surface area contributed by atoms with E-state index in [1.807, 2.05) is 23.6 Å². The van der Waals surface area contributed by atoms with Gasteiger partial charge in [-0.25, -0.2) is 4.79 Å². The third-order valence-electron chi connectivity index (χ3n) is 3.98. The molecular weight excluding hydrogens is 294 g/mol. The van der Waals surface area contributed by atoms with E-state index in [0.717, 1.165) is 11.1 Å². The number of benzene rings is 2.